The number of benzene rings is 1. The molecule has 20 heavy (non-hydrogen) atoms. The number of carbonyl (C=O) groups is 1. The van der Waals surface area contributed by atoms with Crippen LogP contribution in [0.15, 0.2) is 36.7 Å². The Hall–Kier alpha value is -1.94. The lowest BCUT2D eigenvalue weighted by molar-refractivity contribution is 0.0955. The number of aryl methyl sites for hydroxylation is 1. The Balaban J connectivity index is 1.58. The van der Waals surface area contributed by atoms with Crippen LogP contribution in [0.25, 0.3) is 0 Å². The lowest BCUT2D eigenvalue weighted by atomic mass is 10.0. The quantitative estimate of drug-likeness (QED) is 0.799. The molecule has 104 valence electrons. The molecule has 0 atom stereocenters. The van der Waals surface area contributed by atoms with Gasteiger partial charge in [0.15, 0.2) is 5.78 Å². The van der Waals surface area contributed by atoms with E-state index in [4.69, 9.17) is 0 Å². The van der Waals surface area contributed by atoms with Crippen LogP contribution in [-0.2, 0) is 13.1 Å². The highest BCUT2D eigenvalue weighted by Crippen LogP contribution is 2.13. The van der Waals surface area contributed by atoms with Gasteiger partial charge in [-0.15, -0.1) is 0 Å². The zero-order valence-electron chi connectivity index (χ0n) is 11.7. The predicted octanol–water partition coefficient (Wildman–Crippen LogP) is 2.28. The smallest absolute Gasteiger partial charge is 0.164 e. The van der Waals surface area contributed by atoms with E-state index in [2.05, 4.69) is 14.5 Å². The van der Waals surface area contributed by atoms with Gasteiger partial charge < -0.3 is 4.57 Å². The average Bonchev–Trinajstić information content (AvgIpc) is 2.92. The summed E-state index contributed by atoms with van der Waals surface area (Å²) < 4.78 is 2.18. The van der Waals surface area contributed by atoms with Gasteiger partial charge in [-0.05, 0) is 12.5 Å². The van der Waals surface area contributed by atoms with Gasteiger partial charge in [0, 0.05) is 44.0 Å². The minimum absolute atomic E-state index is 0.233. The van der Waals surface area contributed by atoms with E-state index in [0.29, 0.717) is 6.42 Å². The summed E-state index contributed by atoms with van der Waals surface area (Å²) in [6, 6.07) is 7.81. The summed E-state index contributed by atoms with van der Waals surface area (Å²) in [4.78, 5) is 18.9. The molecule has 3 rings (SSSR count). The summed E-state index contributed by atoms with van der Waals surface area (Å²) in [5, 5.41) is 0. The summed E-state index contributed by atoms with van der Waals surface area (Å²) in [5.41, 5.74) is 1.91. The summed E-state index contributed by atoms with van der Waals surface area (Å²) in [5.74, 6) is 1.33. The maximum atomic E-state index is 12.3. The number of Topliss-reactive ketones (excluding diaryl/α,β-unsaturated/α-hetero) is 1. The van der Waals surface area contributed by atoms with E-state index < -0.39 is 0 Å². The fourth-order valence-electron chi connectivity index (χ4n) is 2.69. The Bertz CT molecular complexity index is 618. The Labute approximate surface area is 119 Å². The van der Waals surface area contributed by atoms with Crippen molar-refractivity contribution in [2.45, 2.75) is 26.4 Å². The zero-order valence-corrected chi connectivity index (χ0v) is 11.7. The molecule has 4 heteroatoms. The predicted molar refractivity (Wildman–Crippen MR) is 77.6 cm³/mol. The van der Waals surface area contributed by atoms with Gasteiger partial charge >= 0.3 is 0 Å². The molecule has 0 saturated heterocycles. The molecule has 2 heterocycles. The monoisotopic (exact) mass is 269 g/mol. The third-order valence-electron chi connectivity index (χ3n) is 3.92. The molecule has 0 bridgehead atoms. The van der Waals surface area contributed by atoms with Crippen LogP contribution in [0.1, 0.15) is 28.2 Å². The van der Waals surface area contributed by atoms with Crippen LogP contribution in [-0.4, -0.2) is 33.3 Å². The lowest BCUT2D eigenvalue weighted by Gasteiger charge is -2.27. The molecule has 2 aromatic rings. The fourth-order valence-corrected chi connectivity index (χ4v) is 2.69. The van der Waals surface area contributed by atoms with Crippen molar-refractivity contribution >= 4 is 5.78 Å². The molecule has 0 saturated carbocycles. The minimum atomic E-state index is 0.233. The summed E-state index contributed by atoms with van der Waals surface area (Å²) in [6.45, 7) is 5.59. The number of ketones is 1. The van der Waals surface area contributed by atoms with Crippen LogP contribution < -0.4 is 0 Å². The zero-order chi connectivity index (χ0) is 13.9. The molecule has 4 nitrogen and oxygen atoms in total. The normalized spacial score (nSPS) is 15.1. The van der Waals surface area contributed by atoms with E-state index in [1.54, 1.807) is 0 Å². The van der Waals surface area contributed by atoms with E-state index in [1.807, 2.05) is 43.6 Å². The SMILES string of the molecule is Cc1ccccc1C(=O)CCN1CCn2ccnc2C1. The molecule has 0 aliphatic carbocycles. The third-order valence-corrected chi connectivity index (χ3v) is 3.92. The van der Waals surface area contributed by atoms with Gasteiger partial charge in [0.25, 0.3) is 0 Å². The van der Waals surface area contributed by atoms with Gasteiger partial charge in [0.1, 0.15) is 5.82 Å². The topological polar surface area (TPSA) is 38.1 Å². The number of imidazole rings is 1. The van der Waals surface area contributed by atoms with Gasteiger partial charge in [0.05, 0.1) is 6.54 Å². The van der Waals surface area contributed by atoms with Crippen molar-refractivity contribution in [3.63, 3.8) is 0 Å². The van der Waals surface area contributed by atoms with Crippen molar-refractivity contribution in [3.05, 3.63) is 53.6 Å². The molecule has 0 spiro atoms. The molecule has 1 aromatic carbocycles. The molecule has 0 unspecified atom stereocenters. The molecule has 1 aliphatic rings. The first-order valence-electron chi connectivity index (χ1n) is 7.05. The number of hydrogen-bond donors (Lipinski definition) is 0. The number of rotatable bonds is 4. The molecule has 0 fully saturated rings. The summed E-state index contributed by atoms with van der Waals surface area (Å²) in [6.07, 6.45) is 4.44. The second kappa shape index (κ2) is 5.59. The van der Waals surface area contributed by atoms with Crippen molar-refractivity contribution in [2.24, 2.45) is 0 Å². The van der Waals surface area contributed by atoms with E-state index in [0.717, 1.165) is 43.1 Å². The van der Waals surface area contributed by atoms with Gasteiger partial charge in [-0.3, -0.25) is 9.69 Å². The molecule has 1 aliphatic heterocycles. The highest BCUT2D eigenvalue weighted by molar-refractivity contribution is 5.97. The Morgan fingerprint density at radius 1 is 1.30 bits per heavy atom. The number of hydrogen-bond acceptors (Lipinski definition) is 3. The van der Waals surface area contributed by atoms with Crippen LogP contribution >= 0.6 is 0 Å². The summed E-state index contributed by atoms with van der Waals surface area (Å²) in [7, 11) is 0. The number of nitrogens with zero attached hydrogens (tertiary/aromatic N) is 3. The van der Waals surface area contributed by atoms with Gasteiger partial charge in [0.2, 0.25) is 0 Å². The van der Waals surface area contributed by atoms with Gasteiger partial charge in [-0.1, -0.05) is 24.3 Å². The first-order valence-corrected chi connectivity index (χ1v) is 7.05. The highest BCUT2D eigenvalue weighted by atomic mass is 16.1. The largest absolute Gasteiger partial charge is 0.333 e. The van der Waals surface area contributed by atoms with Gasteiger partial charge in [-0.25, -0.2) is 4.98 Å². The second-order valence-electron chi connectivity index (χ2n) is 5.30. The third kappa shape index (κ3) is 2.65. The first-order chi connectivity index (χ1) is 9.74. The first kappa shape index (κ1) is 13.1. The van der Waals surface area contributed by atoms with Crippen molar-refractivity contribution in [2.75, 3.05) is 13.1 Å². The van der Waals surface area contributed by atoms with Crippen molar-refractivity contribution in [1.29, 1.82) is 0 Å². The van der Waals surface area contributed by atoms with E-state index in [1.165, 1.54) is 0 Å². The van der Waals surface area contributed by atoms with Crippen molar-refractivity contribution in [3.8, 4) is 0 Å². The molecule has 0 N–H and O–H groups in total. The maximum Gasteiger partial charge on any atom is 0.164 e. The van der Waals surface area contributed by atoms with Crippen LogP contribution in [0.4, 0.5) is 0 Å². The molecule has 1 aromatic heterocycles. The fraction of sp³-hybridized carbons (Fsp3) is 0.375. The molecule has 0 amide bonds. The van der Waals surface area contributed by atoms with Crippen LogP contribution in [0.2, 0.25) is 0 Å². The Morgan fingerprint density at radius 3 is 3.00 bits per heavy atom. The van der Waals surface area contributed by atoms with Crippen LogP contribution in [0.5, 0.6) is 0 Å². The summed E-state index contributed by atoms with van der Waals surface area (Å²) >= 11 is 0. The molecule has 0 radical (unpaired) electrons. The van der Waals surface area contributed by atoms with E-state index in [-0.39, 0.29) is 5.78 Å². The second-order valence-corrected chi connectivity index (χ2v) is 5.30. The maximum absolute atomic E-state index is 12.3. The average molecular weight is 269 g/mol. The number of fused-ring (bicyclic) bond motifs is 1. The van der Waals surface area contributed by atoms with Gasteiger partial charge in [-0.2, -0.15) is 0 Å². The highest BCUT2D eigenvalue weighted by Gasteiger charge is 2.17. The Morgan fingerprint density at radius 2 is 2.15 bits per heavy atom. The van der Waals surface area contributed by atoms with Crippen molar-refractivity contribution in [1.82, 2.24) is 14.5 Å². The lowest BCUT2D eigenvalue weighted by Crippen LogP contribution is -2.35. The van der Waals surface area contributed by atoms with E-state index >= 15 is 0 Å². The van der Waals surface area contributed by atoms with Crippen molar-refractivity contribution < 1.29 is 4.79 Å². The number of aromatic nitrogens is 2. The molecular weight excluding hydrogens is 250 g/mol. The van der Waals surface area contributed by atoms with Crippen LogP contribution in [0.3, 0.4) is 0 Å². The number of carbonyl (C=O) groups excluding carboxylic acids is 1. The standard InChI is InChI=1S/C16H19N3O/c1-13-4-2-3-5-14(13)15(20)6-8-18-10-11-19-9-7-17-16(19)12-18/h2-5,7,9H,6,8,10-12H2,1H3. The Kier molecular flexibility index (Phi) is 3.65. The molecular formula is C16H19N3O. The van der Waals surface area contributed by atoms with Crippen LogP contribution in [0, 0.1) is 6.92 Å². The minimum Gasteiger partial charge on any atom is -0.333 e. The van der Waals surface area contributed by atoms with E-state index in [9.17, 15) is 4.79 Å².